The van der Waals surface area contributed by atoms with Crippen molar-refractivity contribution in [1.82, 2.24) is 9.97 Å². The van der Waals surface area contributed by atoms with Crippen LogP contribution in [0.2, 0.25) is 0 Å². The molecule has 1 aromatic carbocycles. The first-order chi connectivity index (χ1) is 12.4. The van der Waals surface area contributed by atoms with E-state index in [4.69, 9.17) is 19.8 Å². The lowest BCUT2D eigenvalue weighted by Gasteiger charge is -2.07. The third kappa shape index (κ3) is 3.84. The van der Waals surface area contributed by atoms with Gasteiger partial charge in [-0.05, 0) is 18.2 Å². The molecular formula is C16H12ClN3O5S. The second kappa shape index (κ2) is 7.14. The van der Waals surface area contributed by atoms with Crippen LogP contribution in [-0.4, -0.2) is 31.4 Å². The van der Waals surface area contributed by atoms with E-state index < -0.39 is 15.0 Å². The summed E-state index contributed by atoms with van der Waals surface area (Å²) in [7, 11) is 2.51. The van der Waals surface area contributed by atoms with E-state index in [0.29, 0.717) is 5.56 Å². The Hall–Kier alpha value is -2.91. The van der Waals surface area contributed by atoms with E-state index in [1.54, 1.807) is 12.1 Å². The fraction of sp³-hybridized carbons (Fsp3) is 0.0625. The molecule has 0 saturated carbocycles. The van der Waals surface area contributed by atoms with Gasteiger partial charge in [0.05, 0.1) is 19.0 Å². The number of hydrogen-bond donors (Lipinski definition) is 1. The molecule has 3 aromatic rings. The van der Waals surface area contributed by atoms with Crippen LogP contribution in [0.1, 0.15) is 10.5 Å². The average Bonchev–Trinajstić information content (AvgIpc) is 3.12. The molecule has 0 radical (unpaired) electrons. The number of benzene rings is 1. The molecule has 0 spiro atoms. The van der Waals surface area contributed by atoms with Gasteiger partial charge in [0, 0.05) is 16.2 Å². The Kier molecular flexibility index (Phi) is 4.92. The van der Waals surface area contributed by atoms with Gasteiger partial charge in [-0.25, -0.2) is 18.4 Å². The maximum Gasteiger partial charge on any atom is 0.277 e. The van der Waals surface area contributed by atoms with Crippen LogP contribution in [0.5, 0.6) is 5.88 Å². The number of nitrogens with zero attached hydrogens (tertiary/aromatic N) is 2. The summed E-state index contributed by atoms with van der Waals surface area (Å²) >= 11 is 0. The quantitative estimate of drug-likeness (QED) is 0.663. The first kappa shape index (κ1) is 17.9. The molecule has 0 atom stereocenters. The second-order valence-electron chi connectivity index (χ2n) is 5.03. The number of amides is 1. The summed E-state index contributed by atoms with van der Waals surface area (Å²) in [6, 6.07) is 10.2. The van der Waals surface area contributed by atoms with Gasteiger partial charge < -0.3 is 14.5 Å². The van der Waals surface area contributed by atoms with Crippen molar-refractivity contribution in [2.75, 3.05) is 12.4 Å². The van der Waals surface area contributed by atoms with Crippen molar-refractivity contribution in [3.05, 3.63) is 54.6 Å². The Bertz CT molecular complexity index is 1050. The molecule has 26 heavy (non-hydrogen) atoms. The van der Waals surface area contributed by atoms with Crippen molar-refractivity contribution in [3.63, 3.8) is 0 Å². The van der Waals surface area contributed by atoms with Gasteiger partial charge in [0.2, 0.25) is 11.8 Å². The zero-order valence-corrected chi connectivity index (χ0v) is 14.9. The van der Waals surface area contributed by atoms with Crippen molar-refractivity contribution < 1.29 is 22.4 Å². The summed E-state index contributed by atoms with van der Waals surface area (Å²) in [6.45, 7) is 0. The zero-order valence-electron chi connectivity index (χ0n) is 13.3. The molecular weight excluding hydrogens is 382 g/mol. The lowest BCUT2D eigenvalue weighted by Crippen LogP contribution is -2.13. The van der Waals surface area contributed by atoms with E-state index >= 15 is 0 Å². The van der Waals surface area contributed by atoms with Crippen LogP contribution in [0.15, 0.2) is 58.2 Å². The predicted octanol–water partition coefficient (Wildman–Crippen LogP) is 2.93. The van der Waals surface area contributed by atoms with E-state index in [0.717, 1.165) is 6.07 Å². The minimum absolute atomic E-state index is 0.0231. The van der Waals surface area contributed by atoms with E-state index in [9.17, 15) is 13.2 Å². The van der Waals surface area contributed by atoms with Crippen molar-refractivity contribution in [1.29, 1.82) is 0 Å². The molecule has 2 aromatic heterocycles. The summed E-state index contributed by atoms with van der Waals surface area (Å²) in [4.78, 5) is 19.9. The summed E-state index contributed by atoms with van der Waals surface area (Å²) < 4.78 is 33.3. The number of carbonyl (C=O) groups excluding carboxylic acids is 1. The maximum atomic E-state index is 12.3. The van der Waals surface area contributed by atoms with E-state index in [2.05, 4.69) is 15.3 Å². The van der Waals surface area contributed by atoms with Crippen molar-refractivity contribution in [2.24, 2.45) is 0 Å². The summed E-state index contributed by atoms with van der Waals surface area (Å²) in [6.07, 6.45) is 2.44. The summed E-state index contributed by atoms with van der Waals surface area (Å²) in [5.74, 6) is -0.487. The van der Waals surface area contributed by atoms with Gasteiger partial charge in [0.15, 0.2) is 5.69 Å². The monoisotopic (exact) mass is 393 g/mol. The van der Waals surface area contributed by atoms with Crippen LogP contribution in [0.4, 0.5) is 5.69 Å². The molecule has 3 rings (SSSR count). The molecule has 134 valence electrons. The number of pyridine rings is 1. The average molecular weight is 394 g/mol. The van der Waals surface area contributed by atoms with Crippen LogP contribution >= 0.6 is 10.7 Å². The molecule has 10 heteroatoms. The van der Waals surface area contributed by atoms with Gasteiger partial charge in [-0.1, -0.05) is 18.2 Å². The first-order valence-corrected chi connectivity index (χ1v) is 9.50. The molecule has 8 nitrogen and oxygen atoms in total. The van der Waals surface area contributed by atoms with Crippen molar-refractivity contribution in [2.45, 2.75) is 4.90 Å². The van der Waals surface area contributed by atoms with Crippen LogP contribution in [0.25, 0.3) is 11.5 Å². The topological polar surface area (TPSA) is 111 Å². The zero-order chi connectivity index (χ0) is 18.7. The number of halogens is 1. The SMILES string of the molecule is COc1ncc(NC(=O)c2coc(-c3ccccc3)n2)cc1S(=O)(=O)Cl. The fourth-order valence-corrected chi connectivity index (χ4v) is 3.06. The standard InChI is InChI=1S/C16H12ClN3O5S/c1-24-16-13(26(17,22)23)7-11(8-18-16)19-14(21)12-9-25-15(20-12)10-5-3-2-4-6-10/h2-9H,1H3,(H,19,21). The van der Waals surface area contributed by atoms with Crippen LogP contribution < -0.4 is 10.1 Å². The summed E-state index contributed by atoms with van der Waals surface area (Å²) in [5.41, 5.74) is 0.849. The minimum Gasteiger partial charge on any atom is -0.480 e. The van der Waals surface area contributed by atoms with E-state index in [-0.39, 0.29) is 28.0 Å². The highest BCUT2D eigenvalue weighted by molar-refractivity contribution is 8.13. The molecule has 0 aliphatic carbocycles. The number of carbonyl (C=O) groups is 1. The summed E-state index contributed by atoms with van der Waals surface area (Å²) in [5, 5.41) is 2.48. The highest BCUT2D eigenvalue weighted by Gasteiger charge is 2.20. The Labute approximate surface area is 153 Å². The van der Waals surface area contributed by atoms with Gasteiger partial charge in [0.1, 0.15) is 11.2 Å². The third-order valence-corrected chi connectivity index (χ3v) is 4.61. The molecule has 1 N–H and O–H groups in total. The Morgan fingerprint density at radius 1 is 1.27 bits per heavy atom. The molecule has 0 fully saturated rings. The van der Waals surface area contributed by atoms with Gasteiger partial charge in [0.25, 0.3) is 15.0 Å². The largest absolute Gasteiger partial charge is 0.480 e. The number of methoxy groups -OCH3 is 1. The first-order valence-electron chi connectivity index (χ1n) is 7.19. The van der Waals surface area contributed by atoms with E-state index in [1.165, 1.54) is 19.6 Å². The second-order valence-corrected chi connectivity index (χ2v) is 7.56. The lowest BCUT2D eigenvalue weighted by atomic mass is 10.2. The van der Waals surface area contributed by atoms with Crippen LogP contribution in [-0.2, 0) is 9.05 Å². The third-order valence-electron chi connectivity index (χ3n) is 3.29. The van der Waals surface area contributed by atoms with Crippen LogP contribution in [0.3, 0.4) is 0 Å². The number of nitrogens with one attached hydrogen (secondary N) is 1. The fourth-order valence-electron chi connectivity index (χ4n) is 2.11. The molecule has 0 aliphatic heterocycles. The normalized spacial score (nSPS) is 11.2. The van der Waals surface area contributed by atoms with Crippen LogP contribution in [0, 0.1) is 0 Å². The van der Waals surface area contributed by atoms with Gasteiger partial charge >= 0.3 is 0 Å². The number of anilines is 1. The molecule has 0 unspecified atom stereocenters. The lowest BCUT2D eigenvalue weighted by molar-refractivity contribution is 0.102. The number of hydrogen-bond acceptors (Lipinski definition) is 7. The molecule has 0 aliphatic rings. The number of aromatic nitrogens is 2. The highest BCUT2D eigenvalue weighted by atomic mass is 35.7. The maximum absolute atomic E-state index is 12.3. The smallest absolute Gasteiger partial charge is 0.277 e. The van der Waals surface area contributed by atoms with Gasteiger partial charge in [-0.2, -0.15) is 0 Å². The highest BCUT2D eigenvalue weighted by Crippen LogP contribution is 2.27. The molecule has 0 bridgehead atoms. The number of ether oxygens (including phenoxy) is 1. The van der Waals surface area contributed by atoms with Crippen molar-refractivity contribution in [3.8, 4) is 17.3 Å². The Morgan fingerprint density at radius 2 is 2.00 bits per heavy atom. The number of rotatable bonds is 5. The van der Waals surface area contributed by atoms with Crippen molar-refractivity contribution >= 4 is 31.3 Å². The molecule has 0 saturated heterocycles. The predicted molar refractivity (Wildman–Crippen MR) is 93.7 cm³/mol. The Balaban J connectivity index is 1.84. The molecule has 2 heterocycles. The molecule has 1 amide bonds. The van der Waals surface area contributed by atoms with Gasteiger partial charge in [-0.3, -0.25) is 4.79 Å². The number of oxazole rings is 1. The minimum atomic E-state index is -4.10. The van der Waals surface area contributed by atoms with Gasteiger partial charge in [-0.15, -0.1) is 0 Å². The Morgan fingerprint density at radius 3 is 2.65 bits per heavy atom. The van der Waals surface area contributed by atoms with E-state index in [1.807, 2.05) is 18.2 Å².